The van der Waals surface area contributed by atoms with E-state index in [0.717, 1.165) is 5.92 Å². The van der Waals surface area contributed by atoms with Gasteiger partial charge in [-0.05, 0) is 45.1 Å². The molecule has 0 aromatic carbocycles. The Balaban J connectivity index is 2.76. The van der Waals surface area contributed by atoms with Gasteiger partial charge in [0.1, 0.15) is 0 Å². The molecule has 0 amide bonds. The molecule has 0 aromatic rings. The summed E-state index contributed by atoms with van der Waals surface area (Å²) in [5.74, 6) is 0.766. The molecule has 0 spiro atoms. The van der Waals surface area contributed by atoms with Crippen LogP contribution < -0.4 is 5.32 Å². The fourth-order valence-corrected chi connectivity index (χ4v) is 3.24. The maximum atomic E-state index is 3.63. The van der Waals surface area contributed by atoms with Gasteiger partial charge in [0.15, 0.2) is 0 Å². The Kier molecular flexibility index (Phi) is 5.94. The molecular formula is C15H32N2. The quantitative estimate of drug-likeness (QED) is 0.811. The van der Waals surface area contributed by atoms with Gasteiger partial charge in [0.05, 0.1) is 0 Å². The van der Waals surface area contributed by atoms with Gasteiger partial charge in [-0.3, -0.25) is 4.90 Å². The molecule has 0 aromatic heterocycles. The highest BCUT2D eigenvalue weighted by atomic mass is 15.2. The van der Waals surface area contributed by atoms with Crippen molar-refractivity contribution in [3.05, 3.63) is 0 Å². The molecule has 2 nitrogen and oxygen atoms in total. The lowest BCUT2D eigenvalue weighted by atomic mass is 9.86. The van der Waals surface area contributed by atoms with Gasteiger partial charge in [-0.25, -0.2) is 0 Å². The maximum Gasteiger partial charge on any atom is 0.0201 e. The Bertz CT molecular complexity index is 203. The Morgan fingerprint density at radius 1 is 1.12 bits per heavy atom. The minimum Gasteiger partial charge on any atom is -0.314 e. The third-order valence-corrected chi connectivity index (χ3v) is 4.82. The smallest absolute Gasteiger partial charge is 0.0201 e. The summed E-state index contributed by atoms with van der Waals surface area (Å²) >= 11 is 0. The van der Waals surface area contributed by atoms with E-state index in [1.54, 1.807) is 0 Å². The van der Waals surface area contributed by atoms with Crippen molar-refractivity contribution in [3.8, 4) is 0 Å². The summed E-state index contributed by atoms with van der Waals surface area (Å²) in [4.78, 5) is 2.79. The highest BCUT2D eigenvalue weighted by Gasteiger charge is 2.33. The molecule has 102 valence electrons. The summed E-state index contributed by atoms with van der Waals surface area (Å²) in [5, 5.41) is 3.63. The molecule has 0 aliphatic carbocycles. The molecule has 2 heteroatoms. The summed E-state index contributed by atoms with van der Waals surface area (Å²) in [6.07, 6.45) is 5.14. The van der Waals surface area contributed by atoms with Crippen molar-refractivity contribution in [1.82, 2.24) is 10.2 Å². The Labute approximate surface area is 108 Å². The number of hydrogen-bond acceptors (Lipinski definition) is 2. The van der Waals surface area contributed by atoms with E-state index < -0.39 is 0 Å². The van der Waals surface area contributed by atoms with E-state index in [4.69, 9.17) is 0 Å². The molecule has 1 rings (SSSR count). The second kappa shape index (κ2) is 6.75. The first kappa shape index (κ1) is 15.0. The zero-order valence-electron chi connectivity index (χ0n) is 12.6. The van der Waals surface area contributed by atoms with Crippen molar-refractivity contribution in [2.75, 3.05) is 19.6 Å². The number of rotatable bonds is 4. The van der Waals surface area contributed by atoms with Crippen LogP contribution in [0.15, 0.2) is 0 Å². The zero-order valence-corrected chi connectivity index (χ0v) is 12.6. The minimum atomic E-state index is 0.450. The molecule has 0 saturated carbocycles. The summed E-state index contributed by atoms with van der Waals surface area (Å²) in [6.45, 7) is 15.5. The van der Waals surface area contributed by atoms with Crippen LogP contribution in [0.5, 0.6) is 0 Å². The first-order valence-electron chi connectivity index (χ1n) is 7.56. The Hall–Kier alpha value is -0.0800. The van der Waals surface area contributed by atoms with E-state index in [0.29, 0.717) is 11.6 Å². The van der Waals surface area contributed by atoms with Crippen molar-refractivity contribution in [1.29, 1.82) is 0 Å². The molecular weight excluding hydrogens is 208 g/mol. The average molecular weight is 240 g/mol. The van der Waals surface area contributed by atoms with Gasteiger partial charge in [-0.1, -0.05) is 27.7 Å². The summed E-state index contributed by atoms with van der Waals surface area (Å²) in [5.41, 5.74) is 0.450. The van der Waals surface area contributed by atoms with Crippen molar-refractivity contribution in [3.63, 3.8) is 0 Å². The lowest BCUT2D eigenvalue weighted by Gasteiger charge is -2.45. The van der Waals surface area contributed by atoms with Crippen LogP contribution in [0.2, 0.25) is 0 Å². The normalized spacial score (nSPS) is 28.8. The van der Waals surface area contributed by atoms with Crippen LogP contribution in [-0.4, -0.2) is 36.1 Å². The van der Waals surface area contributed by atoms with E-state index in [1.165, 1.54) is 45.3 Å². The van der Waals surface area contributed by atoms with Gasteiger partial charge in [0, 0.05) is 24.7 Å². The third-order valence-electron chi connectivity index (χ3n) is 4.82. The molecule has 0 bridgehead atoms. The first-order valence-corrected chi connectivity index (χ1v) is 7.56. The second-order valence-corrected chi connectivity index (χ2v) is 5.93. The largest absolute Gasteiger partial charge is 0.314 e. The molecule has 1 aliphatic rings. The van der Waals surface area contributed by atoms with Crippen LogP contribution in [0.3, 0.4) is 0 Å². The summed E-state index contributed by atoms with van der Waals surface area (Å²) in [7, 11) is 0. The van der Waals surface area contributed by atoms with Gasteiger partial charge < -0.3 is 5.32 Å². The lowest BCUT2D eigenvalue weighted by Crippen LogP contribution is -2.53. The number of hydrogen-bond donors (Lipinski definition) is 1. The van der Waals surface area contributed by atoms with Crippen LogP contribution in [0.25, 0.3) is 0 Å². The van der Waals surface area contributed by atoms with E-state index in [-0.39, 0.29) is 0 Å². The van der Waals surface area contributed by atoms with Crippen molar-refractivity contribution >= 4 is 0 Å². The topological polar surface area (TPSA) is 15.3 Å². The van der Waals surface area contributed by atoms with Crippen LogP contribution in [0.1, 0.15) is 60.3 Å². The molecule has 2 unspecified atom stereocenters. The average Bonchev–Trinajstić information content (AvgIpc) is 2.34. The predicted octanol–water partition coefficient (Wildman–Crippen LogP) is 3.28. The SMILES string of the molecule is CCC(CC)(CC)N1CCC(C)NCC(C)C1. The number of nitrogens with one attached hydrogen (secondary N) is 1. The first-order chi connectivity index (χ1) is 8.07. The van der Waals surface area contributed by atoms with Gasteiger partial charge in [0.25, 0.3) is 0 Å². The van der Waals surface area contributed by atoms with E-state index in [1.807, 2.05) is 0 Å². The highest BCUT2D eigenvalue weighted by molar-refractivity contribution is 4.89. The molecule has 17 heavy (non-hydrogen) atoms. The molecule has 0 radical (unpaired) electrons. The zero-order chi connectivity index (χ0) is 12.9. The van der Waals surface area contributed by atoms with Crippen LogP contribution >= 0.6 is 0 Å². The summed E-state index contributed by atoms with van der Waals surface area (Å²) in [6, 6.07) is 0.670. The molecule has 1 N–H and O–H groups in total. The van der Waals surface area contributed by atoms with Gasteiger partial charge in [-0.2, -0.15) is 0 Å². The van der Waals surface area contributed by atoms with Gasteiger partial charge in [-0.15, -0.1) is 0 Å². The van der Waals surface area contributed by atoms with Crippen molar-refractivity contribution < 1.29 is 0 Å². The van der Waals surface area contributed by atoms with Crippen LogP contribution in [0, 0.1) is 5.92 Å². The van der Waals surface area contributed by atoms with Crippen molar-refractivity contribution in [2.45, 2.75) is 71.9 Å². The predicted molar refractivity (Wildman–Crippen MR) is 76.4 cm³/mol. The third kappa shape index (κ3) is 3.69. The van der Waals surface area contributed by atoms with E-state index >= 15 is 0 Å². The lowest BCUT2D eigenvalue weighted by molar-refractivity contribution is 0.0484. The fraction of sp³-hybridized carbons (Fsp3) is 1.00. The molecule has 2 atom stereocenters. The minimum absolute atomic E-state index is 0.450. The Morgan fingerprint density at radius 2 is 1.71 bits per heavy atom. The van der Waals surface area contributed by atoms with Gasteiger partial charge >= 0.3 is 0 Å². The Morgan fingerprint density at radius 3 is 2.24 bits per heavy atom. The highest BCUT2D eigenvalue weighted by Crippen LogP contribution is 2.29. The van der Waals surface area contributed by atoms with Crippen LogP contribution in [0.4, 0.5) is 0 Å². The van der Waals surface area contributed by atoms with E-state index in [9.17, 15) is 0 Å². The monoisotopic (exact) mass is 240 g/mol. The van der Waals surface area contributed by atoms with Crippen LogP contribution in [-0.2, 0) is 0 Å². The maximum absolute atomic E-state index is 3.63. The number of nitrogens with zero attached hydrogens (tertiary/aromatic N) is 1. The fourth-order valence-electron chi connectivity index (χ4n) is 3.24. The van der Waals surface area contributed by atoms with Gasteiger partial charge in [0.2, 0.25) is 0 Å². The van der Waals surface area contributed by atoms with Crippen molar-refractivity contribution in [2.24, 2.45) is 5.92 Å². The molecule has 1 fully saturated rings. The molecule has 1 aliphatic heterocycles. The standard InChI is InChI=1S/C15H32N2/c1-6-15(7-2,8-3)17-10-9-14(5)16-11-13(4)12-17/h13-14,16H,6-12H2,1-5H3. The van der Waals surface area contributed by atoms with E-state index in [2.05, 4.69) is 44.8 Å². The summed E-state index contributed by atoms with van der Waals surface area (Å²) < 4.78 is 0. The molecule has 1 heterocycles. The molecule has 1 saturated heterocycles. The second-order valence-electron chi connectivity index (χ2n) is 5.93.